The van der Waals surface area contributed by atoms with Gasteiger partial charge in [0.25, 0.3) is 0 Å². The topological polar surface area (TPSA) is 131 Å². The molecular weight excluding hydrogens is 394 g/mol. The molecule has 2 aliphatic carbocycles. The number of hydrogen-bond donors (Lipinski definition) is 4. The first kappa shape index (κ1) is 19.6. The van der Waals surface area contributed by atoms with Crippen LogP contribution in [0.15, 0.2) is 30.6 Å². The standard InChI is InChI=1S/C22H27N7O2/c1-11(2)31-15-5-3-4-14(9-15)26-22-28-20-18(24-10-25-20)21(29-22)27-17-13-7-6-12(8-13)16(17)19(23)30/h3-5,9-13,16-17H,6-8H2,1-2H3,(H2,23,30)(H3,24,25,26,27,28,29). The molecule has 5 rings (SSSR count). The molecule has 2 aliphatic rings. The molecule has 9 nitrogen and oxygen atoms in total. The second-order valence-electron chi connectivity index (χ2n) is 8.75. The Morgan fingerprint density at radius 3 is 2.90 bits per heavy atom. The van der Waals surface area contributed by atoms with E-state index in [2.05, 4.69) is 25.6 Å². The number of primary amides is 1. The van der Waals surface area contributed by atoms with Gasteiger partial charge in [0, 0.05) is 17.8 Å². The van der Waals surface area contributed by atoms with E-state index in [1.54, 1.807) is 6.33 Å². The summed E-state index contributed by atoms with van der Waals surface area (Å²) in [7, 11) is 0. The first-order chi connectivity index (χ1) is 15.0. The predicted molar refractivity (Wildman–Crippen MR) is 118 cm³/mol. The molecule has 2 bridgehead atoms. The molecule has 3 aromatic rings. The number of nitrogens with one attached hydrogen (secondary N) is 3. The van der Waals surface area contributed by atoms with Gasteiger partial charge in [0.1, 0.15) is 11.3 Å². The number of aromatic amines is 1. The summed E-state index contributed by atoms with van der Waals surface area (Å²) in [4.78, 5) is 28.8. The number of carbonyl (C=O) groups is 1. The highest BCUT2D eigenvalue weighted by atomic mass is 16.5. The van der Waals surface area contributed by atoms with Crippen LogP contribution in [-0.2, 0) is 4.79 Å². The van der Waals surface area contributed by atoms with Gasteiger partial charge in [-0.3, -0.25) is 4.79 Å². The van der Waals surface area contributed by atoms with Crippen molar-refractivity contribution in [3.05, 3.63) is 30.6 Å². The number of aromatic nitrogens is 4. The molecule has 2 heterocycles. The van der Waals surface area contributed by atoms with Gasteiger partial charge in [-0.2, -0.15) is 9.97 Å². The number of nitrogens with two attached hydrogens (primary N) is 1. The Morgan fingerprint density at radius 1 is 1.26 bits per heavy atom. The van der Waals surface area contributed by atoms with Crippen molar-refractivity contribution in [3.63, 3.8) is 0 Å². The molecule has 2 saturated carbocycles. The number of rotatable bonds is 7. The predicted octanol–water partition coefficient (Wildman–Crippen LogP) is 3.20. The Hall–Kier alpha value is -3.36. The largest absolute Gasteiger partial charge is 0.491 e. The lowest BCUT2D eigenvalue weighted by Crippen LogP contribution is -2.42. The van der Waals surface area contributed by atoms with E-state index in [1.165, 1.54) is 0 Å². The van der Waals surface area contributed by atoms with E-state index in [4.69, 9.17) is 15.5 Å². The number of carbonyl (C=O) groups excluding carboxylic acids is 1. The van der Waals surface area contributed by atoms with Gasteiger partial charge < -0.3 is 26.1 Å². The summed E-state index contributed by atoms with van der Waals surface area (Å²) in [5.41, 5.74) is 7.82. The van der Waals surface area contributed by atoms with Crippen molar-refractivity contribution in [1.82, 2.24) is 19.9 Å². The van der Waals surface area contributed by atoms with Crippen LogP contribution in [0.3, 0.4) is 0 Å². The van der Waals surface area contributed by atoms with Crippen LogP contribution < -0.4 is 21.1 Å². The zero-order valence-electron chi connectivity index (χ0n) is 17.6. The molecule has 5 N–H and O–H groups in total. The van der Waals surface area contributed by atoms with Gasteiger partial charge >= 0.3 is 0 Å². The van der Waals surface area contributed by atoms with Crippen molar-refractivity contribution < 1.29 is 9.53 Å². The lowest BCUT2D eigenvalue weighted by molar-refractivity contribution is -0.123. The molecule has 0 aliphatic heterocycles. The van der Waals surface area contributed by atoms with Gasteiger partial charge in [0.2, 0.25) is 11.9 Å². The van der Waals surface area contributed by atoms with Crippen molar-refractivity contribution in [2.24, 2.45) is 23.5 Å². The number of imidazole rings is 1. The molecule has 162 valence electrons. The van der Waals surface area contributed by atoms with Crippen molar-refractivity contribution in [2.45, 2.75) is 45.3 Å². The highest BCUT2D eigenvalue weighted by Crippen LogP contribution is 2.49. The fourth-order valence-electron chi connectivity index (χ4n) is 5.11. The normalized spacial score (nSPS) is 24.6. The monoisotopic (exact) mass is 421 g/mol. The summed E-state index contributed by atoms with van der Waals surface area (Å²) >= 11 is 0. The van der Waals surface area contributed by atoms with E-state index in [0.717, 1.165) is 30.7 Å². The minimum Gasteiger partial charge on any atom is -0.491 e. The fourth-order valence-corrected chi connectivity index (χ4v) is 5.11. The fraction of sp³-hybridized carbons (Fsp3) is 0.455. The number of anilines is 3. The van der Waals surface area contributed by atoms with Crippen LogP contribution in [-0.4, -0.2) is 38.0 Å². The molecule has 0 spiro atoms. The lowest BCUT2D eigenvalue weighted by Gasteiger charge is -2.30. The minimum atomic E-state index is -0.236. The average Bonchev–Trinajstić information content (AvgIpc) is 3.43. The van der Waals surface area contributed by atoms with Crippen LogP contribution in [0.5, 0.6) is 5.75 Å². The summed E-state index contributed by atoms with van der Waals surface area (Å²) in [5, 5.41) is 6.75. The van der Waals surface area contributed by atoms with Crippen LogP contribution in [0.2, 0.25) is 0 Å². The Bertz CT molecular complexity index is 1110. The zero-order valence-corrected chi connectivity index (χ0v) is 17.6. The maximum Gasteiger partial charge on any atom is 0.231 e. The van der Waals surface area contributed by atoms with Crippen LogP contribution in [0.25, 0.3) is 11.2 Å². The Balaban J connectivity index is 1.44. The second kappa shape index (κ2) is 7.72. The molecule has 31 heavy (non-hydrogen) atoms. The molecule has 4 atom stereocenters. The summed E-state index contributed by atoms with van der Waals surface area (Å²) < 4.78 is 5.77. The van der Waals surface area contributed by atoms with Crippen LogP contribution in [0.4, 0.5) is 17.5 Å². The third-order valence-electron chi connectivity index (χ3n) is 6.30. The molecule has 4 unspecified atom stereocenters. The summed E-state index contributed by atoms with van der Waals surface area (Å²) in [6, 6.07) is 7.64. The van der Waals surface area contributed by atoms with Crippen LogP contribution in [0.1, 0.15) is 33.1 Å². The van der Waals surface area contributed by atoms with Gasteiger partial charge in [-0.1, -0.05) is 6.07 Å². The molecule has 9 heteroatoms. The third kappa shape index (κ3) is 3.75. The maximum atomic E-state index is 12.1. The van der Waals surface area contributed by atoms with E-state index < -0.39 is 0 Å². The third-order valence-corrected chi connectivity index (χ3v) is 6.30. The van der Waals surface area contributed by atoms with Crippen molar-refractivity contribution in [3.8, 4) is 5.75 Å². The molecule has 2 fully saturated rings. The van der Waals surface area contributed by atoms with Crippen molar-refractivity contribution in [2.75, 3.05) is 10.6 Å². The Morgan fingerprint density at radius 2 is 2.10 bits per heavy atom. The number of hydrogen-bond acceptors (Lipinski definition) is 7. The molecule has 0 radical (unpaired) electrons. The molecular formula is C22H27N7O2. The number of H-pyrrole nitrogens is 1. The molecule has 0 saturated heterocycles. The lowest BCUT2D eigenvalue weighted by atomic mass is 9.84. The van der Waals surface area contributed by atoms with E-state index in [9.17, 15) is 4.79 Å². The number of fused-ring (bicyclic) bond motifs is 3. The highest BCUT2D eigenvalue weighted by molar-refractivity contribution is 5.85. The molecule has 1 aromatic carbocycles. The SMILES string of the molecule is CC(C)Oc1cccc(Nc2nc(NC3C4CCC(C4)C3C(N)=O)c3[nH]cnc3n2)c1. The number of benzene rings is 1. The van der Waals surface area contributed by atoms with Gasteiger partial charge in [-0.15, -0.1) is 0 Å². The van der Waals surface area contributed by atoms with E-state index >= 15 is 0 Å². The number of nitrogens with zero attached hydrogens (tertiary/aromatic N) is 3. The van der Waals surface area contributed by atoms with Crippen molar-refractivity contribution in [1.29, 1.82) is 0 Å². The van der Waals surface area contributed by atoms with Gasteiger partial charge in [-0.25, -0.2) is 4.98 Å². The van der Waals surface area contributed by atoms with Crippen LogP contribution in [0, 0.1) is 17.8 Å². The smallest absolute Gasteiger partial charge is 0.231 e. The van der Waals surface area contributed by atoms with Crippen LogP contribution >= 0.6 is 0 Å². The molecule has 1 amide bonds. The minimum absolute atomic E-state index is 0.0201. The average molecular weight is 422 g/mol. The summed E-state index contributed by atoms with van der Waals surface area (Å²) in [6.45, 7) is 3.98. The van der Waals surface area contributed by atoms with Gasteiger partial charge in [0.15, 0.2) is 11.5 Å². The Kier molecular flexibility index (Phi) is 4.88. The second-order valence-corrected chi connectivity index (χ2v) is 8.75. The highest BCUT2D eigenvalue weighted by Gasteiger charge is 2.50. The van der Waals surface area contributed by atoms with Gasteiger partial charge in [-0.05, 0) is 57.1 Å². The van der Waals surface area contributed by atoms with E-state index in [0.29, 0.717) is 34.8 Å². The Labute approximate surface area is 180 Å². The first-order valence-corrected chi connectivity index (χ1v) is 10.8. The van der Waals surface area contributed by atoms with E-state index in [1.807, 2.05) is 38.1 Å². The van der Waals surface area contributed by atoms with Crippen molar-refractivity contribution >= 4 is 34.5 Å². The summed E-state index contributed by atoms with van der Waals surface area (Å²) in [6.07, 6.45) is 4.90. The summed E-state index contributed by atoms with van der Waals surface area (Å²) in [5.74, 6) is 2.20. The van der Waals surface area contributed by atoms with Gasteiger partial charge in [0.05, 0.1) is 18.3 Å². The molecule has 2 aromatic heterocycles. The quantitative estimate of drug-likeness (QED) is 0.461. The maximum absolute atomic E-state index is 12.1. The van der Waals surface area contributed by atoms with E-state index in [-0.39, 0.29) is 24.0 Å². The zero-order chi connectivity index (χ0) is 21.5. The first-order valence-electron chi connectivity index (χ1n) is 10.8. The number of ether oxygens (including phenoxy) is 1. The number of amides is 1.